The molecule has 118 valence electrons. The highest BCUT2D eigenvalue weighted by molar-refractivity contribution is 6.30. The Kier molecular flexibility index (Phi) is 6.04. The van der Waals surface area contributed by atoms with E-state index in [1.54, 1.807) is 0 Å². The van der Waals surface area contributed by atoms with Gasteiger partial charge in [-0.25, -0.2) is 0 Å². The smallest absolute Gasteiger partial charge is 0.330 e. The molecule has 0 radical (unpaired) electrons. The van der Waals surface area contributed by atoms with Crippen molar-refractivity contribution in [2.24, 2.45) is 17.6 Å². The highest BCUT2D eigenvalue weighted by atomic mass is 35.5. The van der Waals surface area contributed by atoms with Gasteiger partial charge in [0.2, 0.25) is 5.91 Å². The summed E-state index contributed by atoms with van der Waals surface area (Å²) in [7, 11) is 0. The van der Waals surface area contributed by atoms with E-state index >= 15 is 0 Å². The van der Waals surface area contributed by atoms with E-state index in [2.05, 4.69) is 5.32 Å². The molecule has 1 aromatic rings. The van der Waals surface area contributed by atoms with Crippen molar-refractivity contribution in [2.75, 3.05) is 11.9 Å². The van der Waals surface area contributed by atoms with E-state index in [1.807, 2.05) is 13.8 Å². The van der Waals surface area contributed by atoms with Crippen molar-refractivity contribution in [2.45, 2.75) is 26.4 Å². The topological polar surface area (TPSA) is 55.1 Å². The lowest BCUT2D eigenvalue weighted by atomic mass is 9.96. The Hall–Kier alpha value is -1.27. The number of alkyl halides is 3. The Bertz CT molecular complexity index is 503. The van der Waals surface area contributed by atoms with E-state index in [0.717, 1.165) is 12.1 Å². The first-order valence-corrected chi connectivity index (χ1v) is 6.90. The van der Waals surface area contributed by atoms with Crippen LogP contribution in [0.2, 0.25) is 5.02 Å². The summed E-state index contributed by atoms with van der Waals surface area (Å²) in [5.41, 5.74) is 4.24. The maximum absolute atomic E-state index is 12.9. The van der Waals surface area contributed by atoms with E-state index in [0.29, 0.717) is 6.42 Å². The second-order valence-corrected chi connectivity index (χ2v) is 5.68. The molecule has 1 atom stereocenters. The fourth-order valence-electron chi connectivity index (χ4n) is 1.97. The molecule has 1 rings (SSSR count). The summed E-state index contributed by atoms with van der Waals surface area (Å²) in [6.07, 6.45) is -4.08. The Morgan fingerprint density at radius 3 is 2.48 bits per heavy atom. The lowest BCUT2D eigenvalue weighted by molar-refractivity contribution is -0.137. The Balaban J connectivity index is 2.99. The first kappa shape index (κ1) is 17.8. The molecule has 1 amide bonds. The number of amides is 1. The maximum Gasteiger partial charge on any atom is 0.418 e. The van der Waals surface area contributed by atoms with Gasteiger partial charge in [0.25, 0.3) is 0 Å². The number of hydrogen-bond donors (Lipinski definition) is 2. The van der Waals surface area contributed by atoms with Crippen LogP contribution in [0.15, 0.2) is 18.2 Å². The molecule has 3 N–H and O–H groups in total. The van der Waals surface area contributed by atoms with Crippen molar-refractivity contribution in [3.63, 3.8) is 0 Å². The number of halogens is 4. The molecule has 0 aliphatic carbocycles. The molecule has 7 heteroatoms. The van der Waals surface area contributed by atoms with E-state index in [-0.39, 0.29) is 23.2 Å². The predicted molar refractivity (Wildman–Crippen MR) is 77.1 cm³/mol. The molecular weight excluding hydrogens is 305 g/mol. The minimum absolute atomic E-state index is 0.0436. The molecule has 0 aromatic heterocycles. The summed E-state index contributed by atoms with van der Waals surface area (Å²) < 4.78 is 38.8. The molecule has 0 fully saturated rings. The van der Waals surface area contributed by atoms with Gasteiger partial charge in [0.1, 0.15) is 0 Å². The Labute approximate surface area is 126 Å². The lowest BCUT2D eigenvalue weighted by Gasteiger charge is -2.19. The van der Waals surface area contributed by atoms with Crippen LogP contribution >= 0.6 is 11.6 Å². The number of benzene rings is 1. The number of nitrogens with two attached hydrogens (primary N) is 1. The SMILES string of the molecule is CC(C)CC(CN)C(=O)Nc1ccc(Cl)cc1C(F)(F)F. The van der Waals surface area contributed by atoms with Crippen LogP contribution < -0.4 is 11.1 Å². The van der Waals surface area contributed by atoms with Crippen molar-refractivity contribution >= 4 is 23.2 Å². The highest BCUT2D eigenvalue weighted by Crippen LogP contribution is 2.36. The average Bonchev–Trinajstić information content (AvgIpc) is 2.36. The average molecular weight is 323 g/mol. The molecular formula is C14H18ClF3N2O. The second-order valence-electron chi connectivity index (χ2n) is 5.24. The third kappa shape index (κ3) is 5.21. The number of nitrogens with one attached hydrogen (secondary N) is 1. The fourth-order valence-corrected chi connectivity index (χ4v) is 2.15. The van der Waals surface area contributed by atoms with Gasteiger partial charge in [-0.05, 0) is 30.5 Å². The summed E-state index contributed by atoms with van der Waals surface area (Å²) in [6, 6.07) is 3.23. The van der Waals surface area contributed by atoms with Crippen LogP contribution in [0.4, 0.5) is 18.9 Å². The molecule has 0 aliphatic heterocycles. The molecule has 0 spiro atoms. The zero-order chi connectivity index (χ0) is 16.2. The van der Waals surface area contributed by atoms with Crippen LogP contribution in [-0.4, -0.2) is 12.5 Å². The van der Waals surface area contributed by atoms with Crippen molar-refractivity contribution in [1.29, 1.82) is 0 Å². The van der Waals surface area contributed by atoms with Crippen LogP contribution in [-0.2, 0) is 11.0 Å². The van der Waals surface area contributed by atoms with Gasteiger partial charge in [0.05, 0.1) is 17.2 Å². The minimum Gasteiger partial charge on any atom is -0.330 e. The predicted octanol–water partition coefficient (Wildman–Crippen LogP) is 3.92. The standard InChI is InChI=1S/C14H18ClF3N2O/c1-8(2)5-9(7-19)13(21)20-12-4-3-10(15)6-11(12)14(16,17)18/h3-4,6,8-9H,5,7,19H2,1-2H3,(H,20,21). The summed E-state index contributed by atoms with van der Waals surface area (Å²) in [5.74, 6) is -0.822. The largest absolute Gasteiger partial charge is 0.418 e. The quantitative estimate of drug-likeness (QED) is 0.863. The van der Waals surface area contributed by atoms with Gasteiger partial charge >= 0.3 is 6.18 Å². The first-order valence-electron chi connectivity index (χ1n) is 6.52. The third-order valence-corrected chi connectivity index (χ3v) is 3.19. The lowest BCUT2D eigenvalue weighted by Crippen LogP contribution is -2.31. The van der Waals surface area contributed by atoms with Crippen LogP contribution in [0.5, 0.6) is 0 Å². The normalized spacial score (nSPS) is 13.3. The molecule has 3 nitrogen and oxygen atoms in total. The molecule has 21 heavy (non-hydrogen) atoms. The number of anilines is 1. The van der Waals surface area contributed by atoms with E-state index < -0.39 is 23.6 Å². The van der Waals surface area contributed by atoms with Gasteiger partial charge in [-0.15, -0.1) is 0 Å². The number of rotatable bonds is 5. The van der Waals surface area contributed by atoms with Crippen molar-refractivity contribution in [3.05, 3.63) is 28.8 Å². The molecule has 1 aromatic carbocycles. The monoisotopic (exact) mass is 322 g/mol. The van der Waals surface area contributed by atoms with Crippen LogP contribution in [0.25, 0.3) is 0 Å². The van der Waals surface area contributed by atoms with Gasteiger partial charge in [-0.2, -0.15) is 13.2 Å². The van der Waals surface area contributed by atoms with Crippen LogP contribution in [0.1, 0.15) is 25.8 Å². The third-order valence-electron chi connectivity index (χ3n) is 2.96. The molecule has 0 bridgehead atoms. The van der Waals surface area contributed by atoms with E-state index in [9.17, 15) is 18.0 Å². The van der Waals surface area contributed by atoms with Gasteiger partial charge < -0.3 is 11.1 Å². The van der Waals surface area contributed by atoms with Gasteiger partial charge in [0.15, 0.2) is 0 Å². The minimum atomic E-state index is -4.59. The van der Waals surface area contributed by atoms with Gasteiger partial charge in [-0.3, -0.25) is 4.79 Å². The van der Waals surface area contributed by atoms with Crippen LogP contribution in [0, 0.1) is 11.8 Å². The first-order chi connectivity index (χ1) is 9.65. The maximum atomic E-state index is 12.9. The summed E-state index contributed by atoms with van der Waals surface area (Å²) in [4.78, 5) is 12.1. The van der Waals surface area contributed by atoms with Crippen LogP contribution in [0.3, 0.4) is 0 Å². The second kappa shape index (κ2) is 7.13. The zero-order valence-electron chi connectivity index (χ0n) is 11.8. The molecule has 0 heterocycles. The van der Waals surface area contributed by atoms with E-state index in [4.69, 9.17) is 17.3 Å². The van der Waals surface area contributed by atoms with Crippen molar-refractivity contribution in [1.82, 2.24) is 0 Å². The Morgan fingerprint density at radius 2 is 2.00 bits per heavy atom. The summed E-state index contributed by atoms with van der Waals surface area (Å²) >= 11 is 5.59. The molecule has 0 saturated carbocycles. The van der Waals surface area contributed by atoms with Gasteiger partial charge in [-0.1, -0.05) is 25.4 Å². The number of carbonyl (C=O) groups excluding carboxylic acids is 1. The fraction of sp³-hybridized carbons (Fsp3) is 0.500. The molecule has 0 saturated heterocycles. The molecule has 0 aliphatic rings. The molecule has 1 unspecified atom stereocenters. The number of carbonyl (C=O) groups is 1. The summed E-state index contributed by atoms with van der Waals surface area (Å²) in [6.45, 7) is 3.91. The van der Waals surface area contributed by atoms with Crippen molar-refractivity contribution in [3.8, 4) is 0 Å². The van der Waals surface area contributed by atoms with Gasteiger partial charge in [0, 0.05) is 11.6 Å². The van der Waals surface area contributed by atoms with Crippen molar-refractivity contribution < 1.29 is 18.0 Å². The highest BCUT2D eigenvalue weighted by Gasteiger charge is 2.34. The zero-order valence-corrected chi connectivity index (χ0v) is 12.6. The van der Waals surface area contributed by atoms with E-state index in [1.165, 1.54) is 6.07 Å². The summed E-state index contributed by atoms with van der Waals surface area (Å²) in [5, 5.41) is 2.26. The number of hydrogen-bond acceptors (Lipinski definition) is 2. The Morgan fingerprint density at radius 1 is 1.38 bits per heavy atom.